The quantitative estimate of drug-likeness (QED) is 0.759. The van der Waals surface area contributed by atoms with Gasteiger partial charge in [0.05, 0.1) is 0 Å². The molecule has 48 valence electrons. The average Bonchev–Trinajstić information content (AvgIpc) is 1.61. The van der Waals surface area contributed by atoms with E-state index >= 15 is 0 Å². The summed E-state index contributed by atoms with van der Waals surface area (Å²) in [6, 6.07) is 0. The summed E-state index contributed by atoms with van der Waals surface area (Å²) in [5.41, 5.74) is 0. The van der Waals surface area contributed by atoms with Gasteiger partial charge in [-0.2, -0.15) is 6.54 Å². The molecule has 0 rings (SSSR count). The minimum atomic E-state index is 0. The predicted molar refractivity (Wildman–Crippen MR) is 29.4 cm³/mol. The van der Waals surface area contributed by atoms with Crippen LogP contribution in [0.15, 0.2) is 0 Å². The molecule has 0 fully saturated rings. The molecule has 0 amide bonds. The van der Waals surface area contributed by atoms with Crippen LogP contribution in [0.3, 0.4) is 0 Å². The Hall–Kier alpha value is 0.318. The Morgan fingerprint density at radius 1 is 1.62 bits per heavy atom. The number of hydrogen-bond acceptors (Lipinski definition) is 1. The van der Waals surface area contributed by atoms with Gasteiger partial charge in [-0.3, -0.25) is 0 Å². The van der Waals surface area contributed by atoms with E-state index in [0.717, 1.165) is 6.54 Å². The van der Waals surface area contributed by atoms with E-state index in [2.05, 4.69) is 5.32 Å². The number of nitrogens with zero attached hydrogens (tertiary/aromatic N) is 1. The molecule has 3 heteroatoms. The maximum absolute atomic E-state index is 10.1. The summed E-state index contributed by atoms with van der Waals surface area (Å²) in [7, 11) is 0. The van der Waals surface area contributed by atoms with Gasteiger partial charge in [0.1, 0.15) is 5.78 Å². The number of carbonyl (C=O) groups is 1. The van der Waals surface area contributed by atoms with Crippen molar-refractivity contribution in [3.05, 3.63) is 5.32 Å². The second-order valence-corrected chi connectivity index (χ2v) is 1.40. The smallest absolute Gasteiger partial charge is 0.109 e. The maximum atomic E-state index is 10.1. The third-order valence-corrected chi connectivity index (χ3v) is 0.558. The Morgan fingerprint density at radius 3 is 2.25 bits per heavy atom. The Balaban J connectivity index is 0. The fourth-order valence-corrected chi connectivity index (χ4v) is 0.269. The molecule has 0 unspecified atom stereocenters. The van der Waals surface area contributed by atoms with Gasteiger partial charge >= 0.3 is 0 Å². The van der Waals surface area contributed by atoms with Crippen molar-refractivity contribution in [3.8, 4) is 0 Å². The van der Waals surface area contributed by atoms with Crippen molar-refractivity contribution in [1.29, 1.82) is 0 Å². The van der Waals surface area contributed by atoms with E-state index in [4.69, 9.17) is 0 Å². The van der Waals surface area contributed by atoms with Crippen LogP contribution < -0.4 is 0 Å². The molecule has 0 aromatic heterocycles. The minimum absolute atomic E-state index is 0. The van der Waals surface area contributed by atoms with Gasteiger partial charge < -0.3 is 10.1 Å². The molecule has 0 radical (unpaired) electrons. The summed E-state index contributed by atoms with van der Waals surface area (Å²) in [4.78, 5) is 10.1. The summed E-state index contributed by atoms with van der Waals surface area (Å²) in [5, 5.41) is 3.82. The number of hydrogen-bond donors (Lipinski definition) is 0. The van der Waals surface area contributed by atoms with Crippen molar-refractivity contribution in [1.82, 2.24) is 0 Å². The Bertz CT molecular complexity index is 65.4. The summed E-state index contributed by atoms with van der Waals surface area (Å²) >= 11 is 0. The second kappa shape index (κ2) is 7.32. The van der Waals surface area contributed by atoms with Gasteiger partial charge in [-0.15, -0.1) is 0 Å². The Labute approximate surface area is 64.3 Å². The zero-order valence-electron chi connectivity index (χ0n) is 5.18. The van der Waals surface area contributed by atoms with Crippen molar-refractivity contribution in [3.63, 3.8) is 0 Å². The summed E-state index contributed by atoms with van der Waals surface area (Å²) in [5.74, 6) is 0.141. The molecule has 2 nitrogen and oxygen atoms in total. The van der Waals surface area contributed by atoms with E-state index < -0.39 is 0 Å². The van der Waals surface area contributed by atoms with Crippen molar-refractivity contribution < 1.29 is 25.9 Å². The third-order valence-electron chi connectivity index (χ3n) is 0.558. The minimum Gasteiger partial charge on any atom is -0.656 e. The van der Waals surface area contributed by atoms with Crippen LogP contribution in [0.5, 0.6) is 0 Å². The average molecular weight is 284 g/mol. The van der Waals surface area contributed by atoms with E-state index in [0.29, 0.717) is 6.54 Å². The van der Waals surface area contributed by atoms with Gasteiger partial charge in [0.25, 0.3) is 0 Å². The van der Waals surface area contributed by atoms with Gasteiger partial charge in [-0.1, -0.05) is 13.5 Å². The fraction of sp³-hybridized carbons (Fsp3) is 0.800. The van der Waals surface area contributed by atoms with Crippen LogP contribution >= 0.6 is 0 Å². The van der Waals surface area contributed by atoms with Gasteiger partial charge in [-0.25, -0.2) is 0 Å². The first-order valence-electron chi connectivity index (χ1n) is 2.40. The zero-order valence-corrected chi connectivity index (χ0v) is 8.11. The maximum Gasteiger partial charge on any atom is 0.109 e. The number of rotatable bonds is 3. The molecule has 8 heavy (non-hydrogen) atoms. The van der Waals surface area contributed by atoms with E-state index in [1.807, 2.05) is 6.92 Å². The number of ketones is 1. The number of likely N-dealkylation sites (N-methyl/N-ethyl adjacent to an activating group) is 1. The van der Waals surface area contributed by atoms with Crippen molar-refractivity contribution in [2.24, 2.45) is 0 Å². The topological polar surface area (TPSA) is 31.2 Å². The van der Waals surface area contributed by atoms with Crippen LogP contribution in [0.2, 0.25) is 0 Å². The Morgan fingerprint density at radius 2 is 2.12 bits per heavy atom. The molecule has 0 spiro atoms. The molecular formula is C5H10NOW-. The van der Waals surface area contributed by atoms with Crippen LogP contribution in [-0.4, -0.2) is 18.9 Å². The molecule has 0 aliphatic rings. The van der Waals surface area contributed by atoms with E-state index in [1.54, 1.807) is 6.92 Å². The summed E-state index contributed by atoms with van der Waals surface area (Å²) in [6.07, 6.45) is 0. The first-order valence-corrected chi connectivity index (χ1v) is 2.40. The number of carbonyl (C=O) groups excluding carboxylic acids is 1. The monoisotopic (exact) mass is 284 g/mol. The van der Waals surface area contributed by atoms with Crippen molar-refractivity contribution in [2.45, 2.75) is 13.8 Å². The molecule has 0 aliphatic heterocycles. The van der Waals surface area contributed by atoms with Crippen LogP contribution in [0.1, 0.15) is 13.8 Å². The molecule has 0 atom stereocenters. The molecule has 0 heterocycles. The zero-order chi connectivity index (χ0) is 5.70. The molecule has 0 saturated carbocycles. The van der Waals surface area contributed by atoms with Gasteiger partial charge in [-0.05, 0) is 6.92 Å². The molecular weight excluding hydrogens is 274 g/mol. The Kier molecular flexibility index (Phi) is 10.2. The molecule has 0 saturated heterocycles. The van der Waals surface area contributed by atoms with Crippen LogP contribution in [0.4, 0.5) is 0 Å². The van der Waals surface area contributed by atoms with Gasteiger partial charge in [0.2, 0.25) is 0 Å². The molecule has 0 aromatic carbocycles. The fourth-order valence-electron chi connectivity index (χ4n) is 0.269. The van der Waals surface area contributed by atoms with Crippen molar-refractivity contribution in [2.75, 3.05) is 13.1 Å². The van der Waals surface area contributed by atoms with Crippen LogP contribution in [-0.2, 0) is 25.9 Å². The third kappa shape index (κ3) is 9.58. The van der Waals surface area contributed by atoms with Crippen molar-refractivity contribution >= 4 is 5.78 Å². The molecule has 0 aliphatic carbocycles. The van der Waals surface area contributed by atoms with E-state index in [1.165, 1.54) is 0 Å². The van der Waals surface area contributed by atoms with E-state index in [9.17, 15) is 4.79 Å². The molecule has 0 bridgehead atoms. The molecule has 0 aromatic rings. The normalized spacial score (nSPS) is 7.75. The van der Waals surface area contributed by atoms with Gasteiger partial charge in [0, 0.05) is 21.1 Å². The largest absolute Gasteiger partial charge is 0.656 e. The first kappa shape index (κ1) is 11.2. The standard InChI is InChI=1S/C5H10NO.W/c1-3-6-4-5(2)7;/h3-4H2,1-2H3;/q-1;. The van der Waals surface area contributed by atoms with E-state index in [-0.39, 0.29) is 26.8 Å². The summed E-state index contributed by atoms with van der Waals surface area (Å²) < 4.78 is 0. The first-order chi connectivity index (χ1) is 3.27. The van der Waals surface area contributed by atoms with Crippen LogP contribution in [0, 0.1) is 0 Å². The predicted octanol–water partition coefficient (Wildman–Crippen LogP) is 0.967. The molecule has 0 N–H and O–H groups in total. The number of Topliss-reactive ketones (excluding diaryl/α,β-unsaturated/α-hetero) is 1. The summed E-state index contributed by atoms with van der Waals surface area (Å²) in [6.45, 7) is 4.60. The second-order valence-electron chi connectivity index (χ2n) is 1.40. The van der Waals surface area contributed by atoms with Gasteiger partial charge in [0.15, 0.2) is 0 Å². The van der Waals surface area contributed by atoms with Crippen LogP contribution in [0.25, 0.3) is 5.32 Å². The SMILES string of the molecule is CC[N-]CC(C)=O.[W].